The quantitative estimate of drug-likeness (QED) is 0.371. The van der Waals surface area contributed by atoms with Crippen molar-refractivity contribution in [3.63, 3.8) is 0 Å². The summed E-state index contributed by atoms with van der Waals surface area (Å²) < 4.78 is 5.50. The van der Waals surface area contributed by atoms with Crippen molar-refractivity contribution in [1.29, 1.82) is 0 Å². The lowest BCUT2D eigenvalue weighted by Crippen LogP contribution is -2.37. The van der Waals surface area contributed by atoms with Gasteiger partial charge in [0.1, 0.15) is 5.75 Å². The smallest absolute Gasteiger partial charge is 0.315 e. The molecular formula is C22H32O4. The number of hydrogen-bond acceptors (Lipinski definition) is 3. The highest BCUT2D eigenvalue weighted by molar-refractivity contribution is 5.82. The van der Waals surface area contributed by atoms with E-state index in [9.17, 15) is 14.7 Å². The summed E-state index contributed by atoms with van der Waals surface area (Å²) in [5.74, 6) is -1.50. The summed E-state index contributed by atoms with van der Waals surface area (Å²) in [6.07, 6.45) is 8.76. The minimum Gasteiger partial charge on any atom is -0.481 e. The highest BCUT2D eigenvalue weighted by Gasteiger charge is 2.40. The molecule has 4 nitrogen and oxygen atoms in total. The number of rotatable bonds is 9. The van der Waals surface area contributed by atoms with E-state index in [0.29, 0.717) is 24.5 Å². The normalized spacial score (nSPS) is 22.8. The van der Waals surface area contributed by atoms with Crippen molar-refractivity contribution in [3.05, 3.63) is 29.8 Å². The van der Waals surface area contributed by atoms with Crippen molar-refractivity contribution >= 4 is 11.9 Å². The van der Waals surface area contributed by atoms with Gasteiger partial charge in [-0.2, -0.15) is 0 Å². The van der Waals surface area contributed by atoms with Crippen LogP contribution >= 0.6 is 0 Å². The Hall–Kier alpha value is -1.84. The Labute approximate surface area is 156 Å². The Bertz CT molecular complexity index is 578. The fraction of sp³-hybridized carbons (Fsp3) is 0.636. The van der Waals surface area contributed by atoms with Crippen LogP contribution in [-0.2, 0) is 16.0 Å². The SMILES string of the molecule is CCCCCC1CC[C@@H](C(=O)Oc2ccc(CCC)cc2)[C@H](C(=O)O)C1. The first-order valence-corrected chi connectivity index (χ1v) is 10.1. The third kappa shape index (κ3) is 5.86. The van der Waals surface area contributed by atoms with E-state index in [0.717, 1.165) is 32.1 Å². The third-order valence-corrected chi connectivity index (χ3v) is 5.48. The standard InChI is InChI=1S/C22H32O4/c1-3-5-6-8-17-11-14-19(20(15-17)21(23)24)22(25)26-18-12-9-16(7-4-2)10-13-18/h9-10,12-13,17,19-20H,3-8,11,14-15H2,1-2H3,(H,23,24)/t17?,19-,20-/m1/s1. The number of ether oxygens (including phenoxy) is 1. The van der Waals surface area contributed by atoms with Gasteiger partial charge < -0.3 is 9.84 Å². The number of carboxylic acid groups (broad SMARTS) is 1. The summed E-state index contributed by atoms with van der Waals surface area (Å²) in [5.41, 5.74) is 1.21. The number of benzene rings is 1. The van der Waals surface area contributed by atoms with Crippen LogP contribution in [0.15, 0.2) is 24.3 Å². The van der Waals surface area contributed by atoms with Crippen LogP contribution in [0.4, 0.5) is 0 Å². The lowest BCUT2D eigenvalue weighted by atomic mass is 9.72. The zero-order valence-corrected chi connectivity index (χ0v) is 16.1. The van der Waals surface area contributed by atoms with Crippen LogP contribution < -0.4 is 4.74 Å². The molecule has 2 rings (SSSR count). The number of aryl methyl sites for hydroxylation is 1. The average molecular weight is 360 g/mol. The number of carbonyl (C=O) groups excluding carboxylic acids is 1. The molecule has 1 saturated carbocycles. The van der Waals surface area contributed by atoms with Gasteiger partial charge in [0.05, 0.1) is 11.8 Å². The summed E-state index contributed by atoms with van der Waals surface area (Å²) in [6, 6.07) is 7.53. The first-order chi connectivity index (χ1) is 12.5. The van der Waals surface area contributed by atoms with E-state index in [1.165, 1.54) is 18.4 Å². The molecule has 26 heavy (non-hydrogen) atoms. The first kappa shape index (κ1) is 20.5. The molecule has 0 saturated heterocycles. The van der Waals surface area contributed by atoms with E-state index in [4.69, 9.17) is 4.74 Å². The van der Waals surface area contributed by atoms with E-state index < -0.39 is 23.8 Å². The van der Waals surface area contributed by atoms with Crippen LogP contribution in [0, 0.1) is 17.8 Å². The molecule has 0 heterocycles. The van der Waals surface area contributed by atoms with E-state index in [2.05, 4.69) is 13.8 Å². The zero-order chi connectivity index (χ0) is 18.9. The number of carboxylic acids is 1. The molecule has 0 aromatic heterocycles. The Morgan fingerprint density at radius 2 is 1.77 bits per heavy atom. The van der Waals surface area contributed by atoms with Gasteiger partial charge in [0.2, 0.25) is 0 Å². The monoisotopic (exact) mass is 360 g/mol. The largest absolute Gasteiger partial charge is 0.481 e. The van der Waals surface area contributed by atoms with E-state index in [-0.39, 0.29) is 0 Å². The molecule has 1 fully saturated rings. The van der Waals surface area contributed by atoms with Crippen LogP contribution in [0.25, 0.3) is 0 Å². The van der Waals surface area contributed by atoms with Gasteiger partial charge in [0, 0.05) is 0 Å². The molecule has 0 radical (unpaired) electrons. The minimum atomic E-state index is -0.870. The number of esters is 1. The molecule has 1 N–H and O–H groups in total. The van der Waals surface area contributed by atoms with Gasteiger partial charge in [0.25, 0.3) is 0 Å². The lowest BCUT2D eigenvalue weighted by Gasteiger charge is -2.32. The molecule has 1 aromatic rings. The molecule has 0 aliphatic heterocycles. The predicted molar refractivity (Wildman–Crippen MR) is 102 cm³/mol. The van der Waals surface area contributed by atoms with Gasteiger partial charge in [-0.3, -0.25) is 9.59 Å². The fourth-order valence-electron chi connectivity index (χ4n) is 3.96. The number of hydrogen-bond donors (Lipinski definition) is 1. The minimum absolute atomic E-state index is 0.396. The maximum Gasteiger partial charge on any atom is 0.315 e. The molecule has 144 valence electrons. The van der Waals surface area contributed by atoms with Crippen molar-refractivity contribution in [2.24, 2.45) is 17.8 Å². The third-order valence-electron chi connectivity index (χ3n) is 5.48. The summed E-state index contributed by atoms with van der Waals surface area (Å²) in [4.78, 5) is 24.3. The lowest BCUT2D eigenvalue weighted by molar-refractivity contribution is -0.155. The highest BCUT2D eigenvalue weighted by Crippen LogP contribution is 2.37. The molecule has 0 spiro atoms. The van der Waals surface area contributed by atoms with Gasteiger partial charge in [-0.1, -0.05) is 58.1 Å². The second-order valence-electron chi connectivity index (χ2n) is 7.54. The maximum absolute atomic E-state index is 12.6. The van der Waals surface area contributed by atoms with Crippen molar-refractivity contribution < 1.29 is 19.4 Å². The van der Waals surface area contributed by atoms with E-state index in [1.807, 2.05) is 12.1 Å². The molecule has 3 atom stereocenters. The van der Waals surface area contributed by atoms with Crippen LogP contribution in [0.2, 0.25) is 0 Å². The molecule has 1 unspecified atom stereocenters. The summed E-state index contributed by atoms with van der Waals surface area (Å²) in [7, 11) is 0. The summed E-state index contributed by atoms with van der Waals surface area (Å²) in [5, 5.41) is 9.60. The van der Waals surface area contributed by atoms with Gasteiger partial charge in [-0.25, -0.2) is 0 Å². The molecule has 4 heteroatoms. The van der Waals surface area contributed by atoms with E-state index in [1.54, 1.807) is 12.1 Å². The number of carbonyl (C=O) groups is 2. The van der Waals surface area contributed by atoms with Gasteiger partial charge in [-0.05, 0) is 49.3 Å². The highest BCUT2D eigenvalue weighted by atomic mass is 16.5. The average Bonchev–Trinajstić information content (AvgIpc) is 2.63. The number of unbranched alkanes of at least 4 members (excludes halogenated alkanes) is 2. The molecule has 0 bridgehead atoms. The Morgan fingerprint density at radius 1 is 1.04 bits per heavy atom. The van der Waals surface area contributed by atoms with Crippen molar-refractivity contribution in [3.8, 4) is 5.75 Å². The predicted octanol–water partition coefficient (Wildman–Crippen LogP) is 5.24. The van der Waals surface area contributed by atoms with Crippen LogP contribution in [-0.4, -0.2) is 17.0 Å². The van der Waals surface area contributed by atoms with Crippen molar-refractivity contribution in [2.75, 3.05) is 0 Å². The summed E-state index contributed by atoms with van der Waals surface area (Å²) in [6.45, 7) is 4.29. The van der Waals surface area contributed by atoms with Gasteiger partial charge in [-0.15, -0.1) is 0 Å². The molecule has 1 aliphatic rings. The first-order valence-electron chi connectivity index (χ1n) is 10.1. The van der Waals surface area contributed by atoms with Crippen LogP contribution in [0.5, 0.6) is 5.75 Å². The van der Waals surface area contributed by atoms with Gasteiger partial charge >= 0.3 is 11.9 Å². The Morgan fingerprint density at radius 3 is 2.38 bits per heavy atom. The zero-order valence-electron chi connectivity index (χ0n) is 16.1. The van der Waals surface area contributed by atoms with Gasteiger partial charge in [0.15, 0.2) is 0 Å². The Balaban J connectivity index is 1.95. The number of aliphatic carboxylic acids is 1. The topological polar surface area (TPSA) is 63.6 Å². The Kier molecular flexibility index (Phi) is 8.14. The summed E-state index contributed by atoms with van der Waals surface area (Å²) >= 11 is 0. The molecule has 0 amide bonds. The second-order valence-corrected chi connectivity index (χ2v) is 7.54. The molecule has 1 aliphatic carbocycles. The van der Waals surface area contributed by atoms with Crippen LogP contribution in [0.1, 0.15) is 70.8 Å². The maximum atomic E-state index is 12.6. The molecule has 1 aromatic carbocycles. The second kappa shape index (κ2) is 10.3. The fourth-order valence-corrected chi connectivity index (χ4v) is 3.96. The van der Waals surface area contributed by atoms with Crippen LogP contribution in [0.3, 0.4) is 0 Å². The molecular weight excluding hydrogens is 328 g/mol. The van der Waals surface area contributed by atoms with Crippen molar-refractivity contribution in [2.45, 2.75) is 71.6 Å². The van der Waals surface area contributed by atoms with E-state index >= 15 is 0 Å². The van der Waals surface area contributed by atoms with Crippen molar-refractivity contribution in [1.82, 2.24) is 0 Å².